The van der Waals surface area contributed by atoms with E-state index in [0.29, 0.717) is 6.61 Å². The third-order valence-corrected chi connectivity index (χ3v) is 3.78. The highest BCUT2D eigenvalue weighted by Crippen LogP contribution is 2.35. The lowest BCUT2D eigenvalue weighted by atomic mass is 9.87. The van der Waals surface area contributed by atoms with Crippen LogP contribution in [0.3, 0.4) is 0 Å². The average Bonchev–Trinajstić information content (AvgIpc) is 2.47. The molecule has 1 aromatic carbocycles. The Kier molecular flexibility index (Phi) is 6.30. The maximum atomic E-state index is 5.99. The highest BCUT2D eigenvalue weighted by molar-refractivity contribution is 5.40. The van der Waals surface area contributed by atoms with E-state index in [9.17, 15) is 0 Å². The first kappa shape index (κ1) is 16.8. The Balaban J connectivity index is 3.22. The van der Waals surface area contributed by atoms with Gasteiger partial charge in [-0.3, -0.25) is 0 Å². The lowest BCUT2D eigenvalue weighted by Crippen LogP contribution is -2.42. The molecule has 0 aliphatic carbocycles. The zero-order chi connectivity index (χ0) is 15.2. The molecular formula is C16H27NO3. The van der Waals surface area contributed by atoms with Crippen LogP contribution in [0.1, 0.15) is 38.8 Å². The zero-order valence-corrected chi connectivity index (χ0v) is 13.4. The van der Waals surface area contributed by atoms with Gasteiger partial charge in [-0.25, -0.2) is 0 Å². The summed E-state index contributed by atoms with van der Waals surface area (Å²) >= 11 is 0. The van der Waals surface area contributed by atoms with Gasteiger partial charge in [0.15, 0.2) is 0 Å². The van der Waals surface area contributed by atoms with E-state index in [1.807, 2.05) is 32.2 Å². The van der Waals surface area contributed by atoms with E-state index in [2.05, 4.69) is 19.2 Å². The SMILES string of the molecule is CCOC(C)(CC)C(NC)c1cc(OC)cc(OC)c1. The first-order valence-electron chi connectivity index (χ1n) is 7.08. The van der Waals surface area contributed by atoms with Crippen molar-refractivity contribution in [3.63, 3.8) is 0 Å². The molecule has 4 heteroatoms. The molecule has 114 valence electrons. The van der Waals surface area contributed by atoms with Crippen LogP contribution in [-0.4, -0.2) is 33.5 Å². The van der Waals surface area contributed by atoms with E-state index in [-0.39, 0.29) is 11.6 Å². The van der Waals surface area contributed by atoms with E-state index >= 15 is 0 Å². The summed E-state index contributed by atoms with van der Waals surface area (Å²) in [6.07, 6.45) is 0.909. The van der Waals surface area contributed by atoms with Gasteiger partial charge in [-0.05, 0) is 45.0 Å². The quantitative estimate of drug-likeness (QED) is 0.794. The Labute approximate surface area is 122 Å². The third-order valence-electron chi connectivity index (χ3n) is 3.78. The van der Waals surface area contributed by atoms with Crippen molar-refractivity contribution in [1.82, 2.24) is 5.32 Å². The van der Waals surface area contributed by atoms with E-state index in [1.165, 1.54) is 0 Å². The number of methoxy groups -OCH3 is 2. The normalized spacial score (nSPS) is 15.5. The van der Waals surface area contributed by atoms with Crippen molar-refractivity contribution in [2.75, 3.05) is 27.9 Å². The molecule has 0 fully saturated rings. The average molecular weight is 281 g/mol. The van der Waals surface area contributed by atoms with Crippen LogP contribution in [0, 0.1) is 0 Å². The van der Waals surface area contributed by atoms with Gasteiger partial charge >= 0.3 is 0 Å². The van der Waals surface area contributed by atoms with Crippen LogP contribution in [0.4, 0.5) is 0 Å². The second-order valence-corrected chi connectivity index (χ2v) is 4.97. The molecule has 0 aliphatic heterocycles. The summed E-state index contributed by atoms with van der Waals surface area (Å²) in [4.78, 5) is 0. The lowest BCUT2D eigenvalue weighted by molar-refractivity contribution is -0.0547. The molecule has 0 aromatic heterocycles. The number of hydrogen-bond acceptors (Lipinski definition) is 4. The predicted molar refractivity (Wildman–Crippen MR) is 81.7 cm³/mol. The number of nitrogens with one attached hydrogen (secondary N) is 1. The summed E-state index contributed by atoms with van der Waals surface area (Å²) in [5, 5.41) is 3.36. The molecule has 2 unspecified atom stereocenters. The zero-order valence-electron chi connectivity index (χ0n) is 13.4. The fourth-order valence-corrected chi connectivity index (χ4v) is 2.54. The molecule has 1 rings (SSSR count). The molecule has 0 radical (unpaired) electrons. The van der Waals surface area contributed by atoms with Gasteiger partial charge < -0.3 is 19.5 Å². The second kappa shape index (κ2) is 7.50. The highest BCUT2D eigenvalue weighted by atomic mass is 16.5. The maximum absolute atomic E-state index is 5.99. The number of hydrogen-bond donors (Lipinski definition) is 1. The highest BCUT2D eigenvalue weighted by Gasteiger charge is 2.34. The number of ether oxygens (including phenoxy) is 3. The number of rotatable bonds is 8. The Hall–Kier alpha value is -1.26. The Bertz CT molecular complexity index is 400. The summed E-state index contributed by atoms with van der Waals surface area (Å²) in [7, 11) is 5.27. The van der Waals surface area contributed by atoms with Gasteiger partial charge in [0.25, 0.3) is 0 Å². The van der Waals surface area contributed by atoms with E-state index in [0.717, 1.165) is 23.5 Å². The molecule has 4 nitrogen and oxygen atoms in total. The van der Waals surface area contributed by atoms with E-state index in [4.69, 9.17) is 14.2 Å². The Morgan fingerprint density at radius 3 is 2.00 bits per heavy atom. The van der Waals surface area contributed by atoms with Crippen molar-refractivity contribution in [3.8, 4) is 11.5 Å². The molecule has 1 aromatic rings. The van der Waals surface area contributed by atoms with Gasteiger partial charge in [0.05, 0.1) is 25.9 Å². The smallest absolute Gasteiger partial charge is 0.122 e. The topological polar surface area (TPSA) is 39.7 Å². The van der Waals surface area contributed by atoms with Gasteiger partial charge in [-0.1, -0.05) is 6.92 Å². The van der Waals surface area contributed by atoms with Crippen LogP contribution in [0.15, 0.2) is 18.2 Å². The summed E-state index contributed by atoms with van der Waals surface area (Å²) in [6.45, 7) is 6.97. The van der Waals surface area contributed by atoms with Crippen molar-refractivity contribution in [2.45, 2.75) is 38.8 Å². The molecule has 0 spiro atoms. The molecule has 0 aliphatic rings. The fraction of sp³-hybridized carbons (Fsp3) is 0.625. The Morgan fingerprint density at radius 1 is 1.10 bits per heavy atom. The summed E-state index contributed by atoms with van der Waals surface area (Å²) in [5.74, 6) is 1.57. The molecule has 2 atom stereocenters. The van der Waals surface area contributed by atoms with E-state index < -0.39 is 0 Å². The minimum absolute atomic E-state index is 0.0662. The lowest BCUT2D eigenvalue weighted by Gasteiger charge is -2.37. The third kappa shape index (κ3) is 3.64. The maximum Gasteiger partial charge on any atom is 0.122 e. The molecule has 0 saturated heterocycles. The van der Waals surface area contributed by atoms with Crippen LogP contribution in [0.2, 0.25) is 0 Å². The molecule has 1 N–H and O–H groups in total. The minimum atomic E-state index is -0.277. The number of likely N-dealkylation sites (N-methyl/N-ethyl adjacent to an activating group) is 1. The first-order valence-corrected chi connectivity index (χ1v) is 7.08. The van der Waals surface area contributed by atoms with Crippen molar-refractivity contribution >= 4 is 0 Å². The van der Waals surface area contributed by atoms with Gasteiger partial charge in [-0.15, -0.1) is 0 Å². The largest absolute Gasteiger partial charge is 0.497 e. The van der Waals surface area contributed by atoms with Gasteiger partial charge in [0.1, 0.15) is 11.5 Å². The fourth-order valence-electron chi connectivity index (χ4n) is 2.54. The van der Waals surface area contributed by atoms with Crippen LogP contribution < -0.4 is 14.8 Å². The summed E-state index contributed by atoms with van der Waals surface area (Å²) < 4.78 is 16.7. The monoisotopic (exact) mass is 281 g/mol. The van der Waals surface area contributed by atoms with E-state index in [1.54, 1.807) is 14.2 Å². The molecule has 0 heterocycles. The first-order chi connectivity index (χ1) is 9.54. The van der Waals surface area contributed by atoms with Gasteiger partial charge in [0, 0.05) is 12.7 Å². The molecule has 0 saturated carbocycles. The van der Waals surface area contributed by atoms with Gasteiger partial charge in [0.2, 0.25) is 0 Å². The van der Waals surface area contributed by atoms with Crippen LogP contribution >= 0.6 is 0 Å². The molecule has 0 bridgehead atoms. The molecular weight excluding hydrogens is 254 g/mol. The van der Waals surface area contributed by atoms with Crippen molar-refractivity contribution < 1.29 is 14.2 Å². The number of benzene rings is 1. The Morgan fingerprint density at radius 2 is 1.65 bits per heavy atom. The van der Waals surface area contributed by atoms with Crippen LogP contribution in [0.5, 0.6) is 11.5 Å². The van der Waals surface area contributed by atoms with Gasteiger partial charge in [-0.2, -0.15) is 0 Å². The minimum Gasteiger partial charge on any atom is -0.497 e. The standard InChI is InChI=1S/C16H27NO3/c1-7-16(3,20-8-2)15(17-4)12-9-13(18-5)11-14(10-12)19-6/h9-11,15,17H,7-8H2,1-6H3. The van der Waals surface area contributed by atoms with Crippen LogP contribution in [0.25, 0.3) is 0 Å². The summed E-state index contributed by atoms with van der Waals surface area (Å²) in [6, 6.07) is 5.99. The predicted octanol–water partition coefficient (Wildman–Crippen LogP) is 3.17. The second-order valence-electron chi connectivity index (χ2n) is 4.97. The summed E-state index contributed by atoms with van der Waals surface area (Å²) in [5.41, 5.74) is 0.822. The van der Waals surface area contributed by atoms with Crippen molar-refractivity contribution in [3.05, 3.63) is 23.8 Å². The molecule has 20 heavy (non-hydrogen) atoms. The van der Waals surface area contributed by atoms with Crippen LogP contribution in [-0.2, 0) is 4.74 Å². The molecule has 0 amide bonds. The van der Waals surface area contributed by atoms with Crippen molar-refractivity contribution in [1.29, 1.82) is 0 Å². The van der Waals surface area contributed by atoms with Crippen molar-refractivity contribution in [2.24, 2.45) is 0 Å².